The predicted molar refractivity (Wildman–Crippen MR) is 88.2 cm³/mol. The zero-order chi connectivity index (χ0) is 18.2. The van der Waals surface area contributed by atoms with E-state index in [2.05, 4.69) is 0 Å². The van der Waals surface area contributed by atoms with Crippen LogP contribution in [0, 0.1) is 5.41 Å². The van der Waals surface area contributed by atoms with Crippen molar-refractivity contribution >= 4 is 17.9 Å². The van der Waals surface area contributed by atoms with Crippen molar-refractivity contribution in [3.8, 4) is 0 Å². The molecule has 0 aromatic carbocycles. The van der Waals surface area contributed by atoms with Gasteiger partial charge >= 0.3 is 17.9 Å². The number of rotatable bonds is 9. The van der Waals surface area contributed by atoms with Crippen LogP contribution in [0.4, 0.5) is 0 Å². The van der Waals surface area contributed by atoms with E-state index >= 15 is 0 Å². The van der Waals surface area contributed by atoms with Crippen molar-refractivity contribution in [2.24, 2.45) is 5.41 Å². The van der Waals surface area contributed by atoms with Crippen LogP contribution in [0.5, 0.6) is 0 Å². The summed E-state index contributed by atoms with van der Waals surface area (Å²) in [4.78, 5) is 35.1. The lowest BCUT2D eigenvalue weighted by atomic mass is 9.91. The Bertz CT molecular complexity index is 448. The fraction of sp³-hybridized carbons (Fsp3) is 0.833. The van der Waals surface area contributed by atoms with E-state index in [1.54, 1.807) is 13.8 Å². The van der Waals surface area contributed by atoms with Crippen LogP contribution in [0.15, 0.2) is 0 Å². The first-order valence-electron chi connectivity index (χ1n) is 8.73. The van der Waals surface area contributed by atoms with Gasteiger partial charge in [-0.1, -0.05) is 6.92 Å². The summed E-state index contributed by atoms with van der Waals surface area (Å²) in [6.45, 7) is 7.47. The first-order valence-corrected chi connectivity index (χ1v) is 8.73. The van der Waals surface area contributed by atoms with E-state index in [0.29, 0.717) is 6.42 Å². The molecular formula is C18H30O6. The molecular weight excluding hydrogens is 312 g/mol. The fourth-order valence-corrected chi connectivity index (χ4v) is 2.46. The van der Waals surface area contributed by atoms with Crippen molar-refractivity contribution in [3.63, 3.8) is 0 Å². The van der Waals surface area contributed by atoms with Crippen LogP contribution in [0.2, 0.25) is 0 Å². The Labute approximate surface area is 144 Å². The van der Waals surface area contributed by atoms with Gasteiger partial charge in [0.25, 0.3) is 0 Å². The summed E-state index contributed by atoms with van der Waals surface area (Å²) in [5.41, 5.74) is -0.911. The van der Waals surface area contributed by atoms with Crippen LogP contribution >= 0.6 is 0 Å². The number of ether oxygens (including phenoxy) is 3. The molecule has 1 fully saturated rings. The molecule has 138 valence electrons. The molecule has 24 heavy (non-hydrogen) atoms. The molecule has 0 unspecified atom stereocenters. The van der Waals surface area contributed by atoms with Gasteiger partial charge in [-0.25, -0.2) is 0 Å². The molecule has 1 saturated carbocycles. The van der Waals surface area contributed by atoms with Crippen molar-refractivity contribution in [1.29, 1.82) is 0 Å². The minimum Gasteiger partial charge on any atom is -0.462 e. The maximum Gasteiger partial charge on any atom is 0.311 e. The zero-order valence-electron chi connectivity index (χ0n) is 15.3. The highest BCUT2D eigenvalue weighted by Gasteiger charge is 2.32. The molecule has 0 aromatic heterocycles. The van der Waals surface area contributed by atoms with E-state index < -0.39 is 11.4 Å². The molecule has 6 heteroatoms. The molecule has 0 aliphatic heterocycles. The van der Waals surface area contributed by atoms with Gasteiger partial charge in [-0.15, -0.1) is 0 Å². The van der Waals surface area contributed by atoms with Gasteiger partial charge in [0.2, 0.25) is 0 Å². The van der Waals surface area contributed by atoms with Gasteiger partial charge in [0.1, 0.15) is 18.8 Å². The molecule has 1 aliphatic carbocycles. The van der Waals surface area contributed by atoms with E-state index in [1.807, 2.05) is 13.8 Å². The van der Waals surface area contributed by atoms with Gasteiger partial charge in [0.15, 0.2) is 0 Å². The Balaban J connectivity index is 2.14. The molecule has 0 bridgehead atoms. The number of carbonyl (C=O) groups is 3. The monoisotopic (exact) mass is 342 g/mol. The fourth-order valence-electron chi connectivity index (χ4n) is 2.46. The second-order valence-electron chi connectivity index (χ2n) is 7.22. The van der Waals surface area contributed by atoms with Gasteiger partial charge in [0.05, 0.1) is 18.3 Å². The molecule has 0 aromatic rings. The van der Waals surface area contributed by atoms with Crippen LogP contribution < -0.4 is 0 Å². The highest BCUT2D eigenvalue weighted by molar-refractivity contribution is 5.78. The Morgan fingerprint density at radius 3 is 2.08 bits per heavy atom. The summed E-state index contributed by atoms with van der Waals surface area (Å²) >= 11 is 0. The Morgan fingerprint density at radius 1 is 0.958 bits per heavy atom. The van der Waals surface area contributed by atoms with E-state index in [0.717, 1.165) is 25.7 Å². The van der Waals surface area contributed by atoms with E-state index in [-0.39, 0.29) is 43.6 Å². The largest absolute Gasteiger partial charge is 0.462 e. The number of hydrogen-bond donors (Lipinski definition) is 0. The molecule has 0 spiro atoms. The Kier molecular flexibility index (Phi) is 7.70. The first-order chi connectivity index (χ1) is 11.2. The van der Waals surface area contributed by atoms with Gasteiger partial charge in [0, 0.05) is 0 Å². The van der Waals surface area contributed by atoms with Crippen molar-refractivity contribution in [3.05, 3.63) is 0 Å². The summed E-state index contributed by atoms with van der Waals surface area (Å²) in [5.74, 6) is -1.17. The SMILES string of the molecule is CCC(C)(C)C(=O)OCCOC(=O)CCC(=O)OC1(C)CCCC1. The summed E-state index contributed by atoms with van der Waals surface area (Å²) in [5, 5.41) is 0. The van der Waals surface area contributed by atoms with Crippen molar-refractivity contribution in [1.82, 2.24) is 0 Å². The zero-order valence-corrected chi connectivity index (χ0v) is 15.3. The lowest BCUT2D eigenvalue weighted by molar-refractivity contribution is -0.162. The third-order valence-corrected chi connectivity index (χ3v) is 4.57. The second-order valence-corrected chi connectivity index (χ2v) is 7.22. The molecule has 0 radical (unpaired) electrons. The van der Waals surface area contributed by atoms with Crippen LogP contribution in [-0.2, 0) is 28.6 Å². The minimum atomic E-state index is -0.538. The molecule has 0 amide bonds. The topological polar surface area (TPSA) is 78.9 Å². The molecule has 1 aliphatic rings. The maximum absolute atomic E-state index is 11.8. The quantitative estimate of drug-likeness (QED) is 0.364. The minimum absolute atomic E-state index is 0.00285. The van der Waals surface area contributed by atoms with Crippen LogP contribution in [0.25, 0.3) is 0 Å². The predicted octanol–water partition coefficient (Wildman–Crippen LogP) is 3.17. The smallest absolute Gasteiger partial charge is 0.311 e. The van der Waals surface area contributed by atoms with Crippen LogP contribution in [0.3, 0.4) is 0 Å². The average Bonchev–Trinajstić information content (AvgIpc) is 2.95. The molecule has 0 saturated heterocycles. The molecule has 1 rings (SSSR count). The van der Waals surface area contributed by atoms with Crippen molar-refractivity contribution < 1.29 is 28.6 Å². The Morgan fingerprint density at radius 2 is 1.50 bits per heavy atom. The third kappa shape index (κ3) is 6.89. The number of carbonyl (C=O) groups excluding carboxylic acids is 3. The summed E-state index contributed by atoms with van der Waals surface area (Å²) < 4.78 is 15.5. The van der Waals surface area contributed by atoms with Gasteiger partial charge in [-0.3, -0.25) is 14.4 Å². The molecule has 0 heterocycles. The van der Waals surface area contributed by atoms with Crippen molar-refractivity contribution in [2.75, 3.05) is 13.2 Å². The first kappa shape index (κ1) is 20.5. The van der Waals surface area contributed by atoms with E-state index in [4.69, 9.17) is 14.2 Å². The van der Waals surface area contributed by atoms with E-state index in [1.165, 1.54) is 0 Å². The standard InChI is InChI=1S/C18H30O6/c1-5-17(2,3)16(21)23-13-12-22-14(19)8-9-15(20)24-18(4)10-6-7-11-18/h5-13H2,1-4H3. The van der Waals surface area contributed by atoms with Gasteiger partial charge < -0.3 is 14.2 Å². The average molecular weight is 342 g/mol. The van der Waals surface area contributed by atoms with Crippen LogP contribution in [-0.4, -0.2) is 36.7 Å². The summed E-state index contributed by atoms with van der Waals surface area (Å²) in [6, 6.07) is 0. The second kappa shape index (κ2) is 9.04. The van der Waals surface area contributed by atoms with E-state index in [9.17, 15) is 14.4 Å². The highest BCUT2D eigenvalue weighted by atomic mass is 16.6. The summed E-state index contributed by atoms with van der Waals surface area (Å²) in [7, 11) is 0. The van der Waals surface area contributed by atoms with Gasteiger partial charge in [-0.2, -0.15) is 0 Å². The summed E-state index contributed by atoms with van der Waals surface area (Å²) in [6.07, 6.45) is 4.55. The lowest BCUT2D eigenvalue weighted by Gasteiger charge is -2.23. The molecule has 0 N–H and O–H groups in total. The van der Waals surface area contributed by atoms with Crippen LogP contribution in [0.1, 0.15) is 72.6 Å². The Hall–Kier alpha value is -1.59. The number of hydrogen-bond acceptors (Lipinski definition) is 6. The molecule has 0 atom stereocenters. The normalized spacial score (nSPS) is 16.5. The highest BCUT2D eigenvalue weighted by Crippen LogP contribution is 2.32. The lowest BCUT2D eigenvalue weighted by Crippen LogP contribution is -2.28. The number of esters is 3. The molecule has 6 nitrogen and oxygen atoms in total. The van der Waals surface area contributed by atoms with Crippen molar-refractivity contribution in [2.45, 2.75) is 78.2 Å². The maximum atomic E-state index is 11.8. The van der Waals surface area contributed by atoms with Gasteiger partial charge in [-0.05, 0) is 52.9 Å². The third-order valence-electron chi connectivity index (χ3n) is 4.57.